The average Bonchev–Trinajstić information content (AvgIpc) is 3.17. The molecule has 0 radical (unpaired) electrons. The van der Waals surface area contributed by atoms with Gasteiger partial charge >= 0.3 is 0 Å². The van der Waals surface area contributed by atoms with E-state index in [9.17, 15) is 4.79 Å². The lowest BCUT2D eigenvalue weighted by molar-refractivity contribution is 0.102. The average molecular weight is 359 g/mol. The van der Waals surface area contributed by atoms with Crippen molar-refractivity contribution in [1.82, 2.24) is 15.2 Å². The molecule has 0 aliphatic heterocycles. The molecule has 1 atom stereocenters. The molecule has 0 fully saturated rings. The van der Waals surface area contributed by atoms with Gasteiger partial charge in [0.25, 0.3) is 5.91 Å². The second-order valence-corrected chi connectivity index (χ2v) is 7.66. The van der Waals surface area contributed by atoms with Gasteiger partial charge in [0.15, 0.2) is 0 Å². The molecule has 3 aromatic rings. The summed E-state index contributed by atoms with van der Waals surface area (Å²) in [5, 5.41) is 14.0. The van der Waals surface area contributed by atoms with Crippen molar-refractivity contribution in [2.75, 3.05) is 10.6 Å². The van der Waals surface area contributed by atoms with E-state index in [4.69, 9.17) is 0 Å². The van der Waals surface area contributed by atoms with Gasteiger partial charge in [-0.3, -0.25) is 10.1 Å². The van der Waals surface area contributed by atoms with Crippen molar-refractivity contribution in [2.45, 2.75) is 26.8 Å². The summed E-state index contributed by atoms with van der Waals surface area (Å²) < 4.78 is 0. The maximum atomic E-state index is 12.1. The Labute approximate surface area is 148 Å². The van der Waals surface area contributed by atoms with Crippen molar-refractivity contribution in [1.29, 1.82) is 0 Å². The van der Waals surface area contributed by atoms with Crippen LogP contribution in [0.3, 0.4) is 0 Å². The summed E-state index contributed by atoms with van der Waals surface area (Å²) >= 11 is 3.07. The quantitative estimate of drug-likeness (QED) is 0.719. The fourth-order valence-corrected chi connectivity index (χ4v) is 3.85. The van der Waals surface area contributed by atoms with E-state index in [-0.39, 0.29) is 11.9 Å². The van der Waals surface area contributed by atoms with E-state index in [2.05, 4.69) is 52.7 Å². The van der Waals surface area contributed by atoms with E-state index in [0.717, 1.165) is 5.82 Å². The first kappa shape index (κ1) is 16.5. The van der Waals surface area contributed by atoms with Gasteiger partial charge in [-0.15, -0.1) is 21.5 Å². The van der Waals surface area contributed by atoms with E-state index < -0.39 is 0 Å². The minimum atomic E-state index is -0.247. The van der Waals surface area contributed by atoms with Crippen LogP contribution in [0.1, 0.15) is 38.6 Å². The summed E-state index contributed by atoms with van der Waals surface area (Å²) in [6, 6.07) is 5.90. The molecule has 24 heavy (non-hydrogen) atoms. The smallest absolute Gasteiger partial charge is 0.259 e. The molecule has 1 amide bonds. The normalized spacial score (nSPS) is 12.0. The Morgan fingerprint density at radius 1 is 1.29 bits per heavy atom. The Balaban J connectivity index is 1.66. The molecule has 3 rings (SSSR count). The fraction of sp³-hybridized carbons (Fsp3) is 0.250. The summed E-state index contributed by atoms with van der Waals surface area (Å²) in [4.78, 5) is 19.0. The number of nitrogens with zero attached hydrogens (tertiary/aromatic N) is 3. The van der Waals surface area contributed by atoms with Crippen LogP contribution in [0.2, 0.25) is 0 Å². The van der Waals surface area contributed by atoms with Crippen LogP contribution in [0.5, 0.6) is 0 Å². The van der Waals surface area contributed by atoms with Crippen LogP contribution in [-0.2, 0) is 0 Å². The van der Waals surface area contributed by atoms with Crippen molar-refractivity contribution >= 4 is 39.5 Å². The lowest BCUT2D eigenvalue weighted by Gasteiger charge is -2.14. The summed E-state index contributed by atoms with van der Waals surface area (Å²) in [5.41, 5.74) is 3.32. The van der Waals surface area contributed by atoms with E-state index in [1.807, 2.05) is 0 Å². The molecule has 0 saturated heterocycles. The number of pyridine rings is 1. The number of hydrogen-bond acceptors (Lipinski definition) is 7. The highest BCUT2D eigenvalue weighted by Crippen LogP contribution is 2.28. The Bertz CT molecular complexity index is 827. The number of carbonyl (C=O) groups is 1. The van der Waals surface area contributed by atoms with Gasteiger partial charge in [0.05, 0.1) is 11.6 Å². The predicted molar refractivity (Wildman–Crippen MR) is 97.9 cm³/mol. The van der Waals surface area contributed by atoms with Crippen LogP contribution in [0.25, 0.3) is 0 Å². The zero-order valence-electron chi connectivity index (χ0n) is 13.5. The minimum Gasteiger partial charge on any atom is -0.364 e. The molecule has 1 unspecified atom stereocenters. The number of rotatable bonds is 5. The molecule has 0 aliphatic carbocycles. The molecule has 3 aromatic heterocycles. The third-order valence-electron chi connectivity index (χ3n) is 3.52. The highest BCUT2D eigenvalue weighted by atomic mass is 32.1. The van der Waals surface area contributed by atoms with Crippen molar-refractivity contribution < 1.29 is 4.79 Å². The number of hydrogen-bond donors (Lipinski definition) is 2. The van der Waals surface area contributed by atoms with Gasteiger partial charge in [-0.25, -0.2) is 4.98 Å². The summed E-state index contributed by atoms with van der Waals surface area (Å²) in [6.07, 6.45) is 1.55. The second kappa shape index (κ2) is 7.06. The van der Waals surface area contributed by atoms with E-state index in [1.165, 1.54) is 26.7 Å². The first-order chi connectivity index (χ1) is 11.5. The maximum Gasteiger partial charge on any atom is 0.259 e. The van der Waals surface area contributed by atoms with Crippen molar-refractivity contribution in [2.24, 2.45) is 0 Å². The molecule has 2 N–H and O–H groups in total. The van der Waals surface area contributed by atoms with Crippen molar-refractivity contribution in [3.63, 3.8) is 0 Å². The summed E-state index contributed by atoms with van der Waals surface area (Å²) in [5.74, 6) is 0.487. The molecular formula is C16H17N5OS2. The Morgan fingerprint density at radius 3 is 2.71 bits per heavy atom. The van der Waals surface area contributed by atoms with Gasteiger partial charge in [-0.05, 0) is 44.5 Å². The number of amides is 1. The Hall–Kier alpha value is -2.32. The molecule has 0 aromatic carbocycles. The van der Waals surface area contributed by atoms with Crippen LogP contribution in [0.4, 0.5) is 10.9 Å². The molecule has 0 bridgehead atoms. The lowest BCUT2D eigenvalue weighted by atomic mass is 10.1. The number of thiophene rings is 1. The SMILES string of the molecule is Cc1cc(C(C)Nc2ccc(C(=O)Nc3nncs3)cn2)c(C)s1. The largest absolute Gasteiger partial charge is 0.364 e. The van der Waals surface area contributed by atoms with Gasteiger partial charge in [0.2, 0.25) is 5.13 Å². The number of carbonyl (C=O) groups excluding carboxylic acids is 1. The summed E-state index contributed by atoms with van der Waals surface area (Å²) in [7, 11) is 0. The first-order valence-corrected chi connectivity index (χ1v) is 9.09. The van der Waals surface area contributed by atoms with Gasteiger partial charge < -0.3 is 5.32 Å². The number of aromatic nitrogens is 3. The topological polar surface area (TPSA) is 79.8 Å². The van der Waals surface area contributed by atoms with Crippen molar-refractivity contribution in [3.8, 4) is 0 Å². The molecule has 6 nitrogen and oxygen atoms in total. The van der Waals surface area contributed by atoms with E-state index in [0.29, 0.717) is 10.7 Å². The van der Waals surface area contributed by atoms with Crippen LogP contribution in [0, 0.1) is 13.8 Å². The van der Waals surface area contributed by atoms with Gasteiger partial charge in [0.1, 0.15) is 11.3 Å². The fourth-order valence-electron chi connectivity index (χ4n) is 2.39. The predicted octanol–water partition coefficient (Wildman–Crippen LogP) is 4.04. The van der Waals surface area contributed by atoms with Gasteiger partial charge in [0, 0.05) is 16.0 Å². The van der Waals surface area contributed by atoms with E-state index >= 15 is 0 Å². The van der Waals surface area contributed by atoms with Crippen LogP contribution in [-0.4, -0.2) is 21.1 Å². The molecule has 0 aliphatic rings. The molecule has 8 heteroatoms. The summed E-state index contributed by atoms with van der Waals surface area (Å²) in [6.45, 7) is 6.34. The molecular weight excluding hydrogens is 342 g/mol. The first-order valence-electron chi connectivity index (χ1n) is 7.40. The van der Waals surface area contributed by atoms with Crippen LogP contribution >= 0.6 is 22.7 Å². The molecule has 0 spiro atoms. The van der Waals surface area contributed by atoms with Crippen LogP contribution in [0.15, 0.2) is 29.9 Å². The zero-order chi connectivity index (χ0) is 17.1. The number of nitrogens with one attached hydrogen (secondary N) is 2. The highest BCUT2D eigenvalue weighted by Gasteiger charge is 2.13. The Kier molecular flexibility index (Phi) is 4.86. The van der Waals surface area contributed by atoms with Crippen LogP contribution < -0.4 is 10.6 Å². The lowest BCUT2D eigenvalue weighted by Crippen LogP contribution is -2.13. The number of aryl methyl sites for hydroxylation is 2. The zero-order valence-corrected chi connectivity index (χ0v) is 15.2. The minimum absolute atomic E-state index is 0.156. The molecule has 124 valence electrons. The number of anilines is 2. The van der Waals surface area contributed by atoms with Gasteiger partial charge in [-0.1, -0.05) is 11.3 Å². The van der Waals surface area contributed by atoms with Gasteiger partial charge in [-0.2, -0.15) is 0 Å². The maximum absolute atomic E-state index is 12.1. The standard InChI is InChI=1S/C16H17N5OS2/c1-9-6-13(11(3)24-9)10(2)19-14-5-4-12(7-17-14)15(22)20-16-21-18-8-23-16/h4-8,10H,1-3H3,(H,17,19)(H,20,21,22). The van der Waals surface area contributed by atoms with Crippen molar-refractivity contribution in [3.05, 3.63) is 50.8 Å². The molecule has 3 heterocycles. The third kappa shape index (κ3) is 3.77. The monoisotopic (exact) mass is 359 g/mol. The Morgan fingerprint density at radius 2 is 2.12 bits per heavy atom. The molecule has 0 saturated carbocycles. The second-order valence-electron chi connectivity index (χ2n) is 5.36. The highest BCUT2D eigenvalue weighted by molar-refractivity contribution is 7.13. The third-order valence-corrected chi connectivity index (χ3v) is 5.10. The van der Waals surface area contributed by atoms with E-state index in [1.54, 1.807) is 35.2 Å².